The summed E-state index contributed by atoms with van der Waals surface area (Å²) in [4.78, 5) is 10.3. The highest BCUT2D eigenvalue weighted by molar-refractivity contribution is 5.58. The smallest absolute Gasteiger partial charge is 0.311 e. The number of nitrogens with one attached hydrogen (secondary N) is 1. The first-order chi connectivity index (χ1) is 8.77. The third-order valence-electron chi connectivity index (χ3n) is 3.27. The van der Waals surface area contributed by atoms with Crippen molar-refractivity contribution in [3.8, 4) is 5.75 Å². The van der Waals surface area contributed by atoms with Gasteiger partial charge in [-0.05, 0) is 18.9 Å². The number of aliphatic hydroxyl groups is 1. The Bertz CT molecular complexity index is 458. The second-order valence-electron chi connectivity index (χ2n) is 5.01. The van der Waals surface area contributed by atoms with Crippen LogP contribution in [0.5, 0.6) is 5.75 Å². The summed E-state index contributed by atoms with van der Waals surface area (Å²) in [5.41, 5.74) is -0.262. The topological polar surface area (TPSA) is 84.6 Å². The Morgan fingerprint density at radius 2 is 2.16 bits per heavy atom. The van der Waals surface area contributed by atoms with E-state index in [2.05, 4.69) is 5.32 Å². The van der Waals surface area contributed by atoms with Crippen LogP contribution in [0, 0.1) is 16.0 Å². The van der Waals surface area contributed by atoms with Gasteiger partial charge in [-0.25, -0.2) is 0 Å². The number of methoxy groups -OCH3 is 1. The number of anilines is 1. The zero-order valence-corrected chi connectivity index (χ0v) is 11.6. The molecule has 6 heteroatoms. The van der Waals surface area contributed by atoms with Crippen LogP contribution in [0.25, 0.3) is 0 Å². The first-order valence-electron chi connectivity index (χ1n) is 6.06. The Balaban J connectivity index is 2.84. The van der Waals surface area contributed by atoms with Gasteiger partial charge in [0.1, 0.15) is 0 Å². The Morgan fingerprint density at radius 3 is 2.63 bits per heavy atom. The third kappa shape index (κ3) is 3.82. The molecule has 0 unspecified atom stereocenters. The van der Waals surface area contributed by atoms with Gasteiger partial charge in [0.05, 0.1) is 17.6 Å². The van der Waals surface area contributed by atoms with E-state index in [0.29, 0.717) is 12.2 Å². The van der Waals surface area contributed by atoms with Gasteiger partial charge in [0.25, 0.3) is 0 Å². The molecule has 19 heavy (non-hydrogen) atoms. The summed E-state index contributed by atoms with van der Waals surface area (Å²) < 4.78 is 4.98. The average Bonchev–Trinajstić information content (AvgIpc) is 2.35. The molecule has 0 saturated carbocycles. The molecule has 0 bridgehead atoms. The van der Waals surface area contributed by atoms with Gasteiger partial charge in [-0.1, -0.05) is 13.8 Å². The molecular weight excluding hydrogens is 248 g/mol. The van der Waals surface area contributed by atoms with Crippen molar-refractivity contribution in [3.63, 3.8) is 0 Å². The molecule has 0 amide bonds. The van der Waals surface area contributed by atoms with E-state index >= 15 is 0 Å². The van der Waals surface area contributed by atoms with E-state index in [1.807, 2.05) is 13.8 Å². The van der Waals surface area contributed by atoms with Crippen LogP contribution >= 0.6 is 0 Å². The van der Waals surface area contributed by atoms with Crippen molar-refractivity contribution in [1.29, 1.82) is 0 Å². The predicted molar refractivity (Wildman–Crippen MR) is 73.6 cm³/mol. The molecule has 1 aromatic carbocycles. The second-order valence-corrected chi connectivity index (χ2v) is 5.01. The first-order valence-corrected chi connectivity index (χ1v) is 6.06. The van der Waals surface area contributed by atoms with Crippen molar-refractivity contribution in [2.45, 2.75) is 26.4 Å². The number of benzene rings is 1. The van der Waals surface area contributed by atoms with Gasteiger partial charge in [0.2, 0.25) is 0 Å². The molecule has 0 aliphatic carbocycles. The molecule has 2 N–H and O–H groups in total. The van der Waals surface area contributed by atoms with Gasteiger partial charge < -0.3 is 15.2 Å². The molecule has 106 valence electrons. The fourth-order valence-corrected chi connectivity index (χ4v) is 1.42. The molecule has 6 nitrogen and oxygen atoms in total. The minimum absolute atomic E-state index is 0.0799. The Morgan fingerprint density at radius 1 is 1.53 bits per heavy atom. The number of nitro benzene ring substituents is 1. The SMILES string of the molecule is COc1cc(NC[C@](C)(O)C(C)C)ccc1[N+](=O)[O-]. The Hall–Kier alpha value is -1.82. The van der Waals surface area contributed by atoms with Gasteiger partial charge in [-0.2, -0.15) is 0 Å². The molecule has 0 aliphatic heterocycles. The molecule has 0 fully saturated rings. The fourth-order valence-electron chi connectivity index (χ4n) is 1.42. The summed E-state index contributed by atoms with van der Waals surface area (Å²) in [6.07, 6.45) is 0. The fraction of sp³-hybridized carbons (Fsp3) is 0.538. The minimum Gasteiger partial charge on any atom is -0.490 e. The van der Waals surface area contributed by atoms with Crippen LogP contribution in [-0.4, -0.2) is 29.3 Å². The van der Waals surface area contributed by atoms with E-state index in [0.717, 1.165) is 0 Å². The summed E-state index contributed by atoms with van der Waals surface area (Å²) in [6, 6.07) is 4.52. The highest BCUT2D eigenvalue weighted by Gasteiger charge is 2.24. The lowest BCUT2D eigenvalue weighted by Crippen LogP contribution is -2.38. The third-order valence-corrected chi connectivity index (χ3v) is 3.27. The summed E-state index contributed by atoms with van der Waals surface area (Å²) >= 11 is 0. The first kappa shape index (κ1) is 15.2. The second kappa shape index (κ2) is 5.88. The Kier molecular flexibility index (Phi) is 4.72. The maximum Gasteiger partial charge on any atom is 0.311 e. The number of hydrogen-bond donors (Lipinski definition) is 2. The lowest BCUT2D eigenvalue weighted by molar-refractivity contribution is -0.385. The van der Waals surface area contributed by atoms with Crippen LogP contribution in [0.15, 0.2) is 18.2 Å². The van der Waals surface area contributed by atoms with Gasteiger partial charge in [0.15, 0.2) is 5.75 Å². The number of ether oxygens (including phenoxy) is 1. The van der Waals surface area contributed by atoms with Crippen molar-refractivity contribution in [2.24, 2.45) is 5.92 Å². The number of nitrogens with zero attached hydrogens (tertiary/aromatic N) is 1. The molecule has 0 saturated heterocycles. The Labute approximate surface area is 112 Å². The molecule has 1 aromatic rings. The van der Waals surface area contributed by atoms with Crippen LogP contribution in [0.4, 0.5) is 11.4 Å². The quantitative estimate of drug-likeness (QED) is 0.611. The van der Waals surface area contributed by atoms with Gasteiger partial charge >= 0.3 is 5.69 Å². The zero-order chi connectivity index (χ0) is 14.6. The highest BCUT2D eigenvalue weighted by atomic mass is 16.6. The highest BCUT2D eigenvalue weighted by Crippen LogP contribution is 2.30. The van der Waals surface area contributed by atoms with E-state index < -0.39 is 10.5 Å². The normalized spacial score (nSPS) is 14.0. The number of hydrogen-bond acceptors (Lipinski definition) is 5. The molecule has 1 rings (SSSR count). The largest absolute Gasteiger partial charge is 0.490 e. The number of rotatable bonds is 6. The van der Waals surface area contributed by atoms with Crippen molar-refractivity contribution in [1.82, 2.24) is 0 Å². The van der Waals surface area contributed by atoms with E-state index in [4.69, 9.17) is 4.74 Å². The summed E-state index contributed by atoms with van der Waals surface area (Å²) in [6.45, 7) is 5.95. The maximum atomic E-state index is 10.8. The van der Waals surface area contributed by atoms with Crippen LogP contribution in [-0.2, 0) is 0 Å². The summed E-state index contributed by atoms with van der Waals surface area (Å²) in [5.74, 6) is 0.291. The van der Waals surface area contributed by atoms with Crippen molar-refractivity contribution >= 4 is 11.4 Å². The predicted octanol–water partition coefficient (Wildman–Crippen LogP) is 2.42. The zero-order valence-electron chi connectivity index (χ0n) is 11.6. The van der Waals surface area contributed by atoms with E-state index in [9.17, 15) is 15.2 Å². The van der Waals surface area contributed by atoms with Crippen molar-refractivity contribution in [3.05, 3.63) is 28.3 Å². The molecule has 0 aromatic heterocycles. The lowest BCUT2D eigenvalue weighted by Gasteiger charge is -2.28. The van der Waals surface area contributed by atoms with Crippen LogP contribution in [0.3, 0.4) is 0 Å². The van der Waals surface area contributed by atoms with Gasteiger partial charge in [0, 0.05) is 24.4 Å². The van der Waals surface area contributed by atoms with E-state index in [-0.39, 0.29) is 17.4 Å². The monoisotopic (exact) mass is 268 g/mol. The lowest BCUT2D eigenvalue weighted by atomic mass is 9.92. The molecule has 0 radical (unpaired) electrons. The molecule has 0 aliphatic rings. The molecule has 1 atom stereocenters. The van der Waals surface area contributed by atoms with Gasteiger partial charge in [-0.3, -0.25) is 10.1 Å². The van der Waals surface area contributed by atoms with Crippen molar-refractivity contribution in [2.75, 3.05) is 19.0 Å². The van der Waals surface area contributed by atoms with E-state index in [1.54, 1.807) is 19.1 Å². The average molecular weight is 268 g/mol. The number of nitro groups is 1. The van der Waals surface area contributed by atoms with Gasteiger partial charge in [-0.15, -0.1) is 0 Å². The van der Waals surface area contributed by atoms with Crippen LogP contribution < -0.4 is 10.1 Å². The summed E-state index contributed by atoms with van der Waals surface area (Å²) in [7, 11) is 1.39. The molecule has 0 spiro atoms. The standard InChI is InChI=1S/C13H20N2O4/c1-9(2)13(3,16)8-14-10-5-6-11(15(17)18)12(7-10)19-4/h5-7,9,14,16H,8H2,1-4H3/t13-/m0/s1. The summed E-state index contributed by atoms with van der Waals surface area (Å²) in [5, 5.41) is 23.9. The van der Waals surface area contributed by atoms with Crippen molar-refractivity contribution < 1.29 is 14.8 Å². The van der Waals surface area contributed by atoms with E-state index in [1.165, 1.54) is 13.2 Å². The van der Waals surface area contributed by atoms with Crippen LogP contribution in [0.1, 0.15) is 20.8 Å². The molecular formula is C13H20N2O4. The molecule has 0 heterocycles. The minimum atomic E-state index is -0.852. The maximum absolute atomic E-state index is 10.8. The van der Waals surface area contributed by atoms with Crippen LogP contribution in [0.2, 0.25) is 0 Å².